The van der Waals surface area contributed by atoms with E-state index in [0.29, 0.717) is 6.01 Å². The molecule has 2 heterocycles. The zero-order valence-corrected chi connectivity index (χ0v) is 8.51. The molecule has 2 aromatic rings. The van der Waals surface area contributed by atoms with Crippen molar-refractivity contribution >= 4 is 0 Å². The Hall–Kier alpha value is -2.04. The highest BCUT2D eigenvalue weighted by Crippen LogP contribution is 2.15. The Morgan fingerprint density at radius 3 is 2.40 bits per heavy atom. The minimum atomic E-state index is 0.351. The van der Waals surface area contributed by atoms with Gasteiger partial charge in [-0.3, -0.25) is 0 Å². The van der Waals surface area contributed by atoms with Gasteiger partial charge in [-0.2, -0.15) is 0 Å². The van der Waals surface area contributed by atoms with E-state index in [1.165, 1.54) is 13.4 Å². The van der Waals surface area contributed by atoms with E-state index in [4.69, 9.17) is 4.74 Å². The first-order valence-corrected chi connectivity index (χ1v) is 4.44. The van der Waals surface area contributed by atoms with Gasteiger partial charge in [0.15, 0.2) is 0 Å². The number of methoxy groups -OCH3 is 1. The molecule has 0 radical (unpaired) electrons. The number of nitrogens with zero attached hydrogens (tertiary/aromatic N) is 4. The topological polar surface area (TPSA) is 60.8 Å². The molecule has 0 aromatic carbocycles. The Bertz CT molecular complexity index is 455. The number of ether oxygens (including phenoxy) is 1. The molecule has 2 aromatic heterocycles. The predicted molar refractivity (Wildman–Crippen MR) is 54.3 cm³/mol. The monoisotopic (exact) mass is 202 g/mol. The van der Waals surface area contributed by atoms with E-state index in [1.807, 2.05) is 13.0 Å². The van der Waals surface area contributed by atoms with E-state index >= 15 is 0 Å². The highest BCUT2D eigenvalue weighted by atomic mass is 16.5. The molecule has 0 aliphatic rings. The van der Waals surface area contributed by atoms with Crippen molar-refractivity contribution in [1.82, 2.24) is 19.9 Å². The first-order chi connectivity index (χ1) is 7.29. The molecule has 0 aliphatic heterocycles. The van der Waals surface area contributed by atoms with Crippen LogP contribution < -0.4 is 4.74 Å². The molecule has 5 heteroatoms. The van der Waals surface area contributed by atoms with Crippen LogP contribution in [0, 0.1) is 6.92 Å². The van der Waals surface area contributed by atoms with Crippen molar-refractivity contribution in [3.8, 4) is 17.3 Å². The van der Waals surface area contributed by atoms with Crippen molar-refractivity contribution in [2.45, 2.75) is 6.92 Å². The number of aromatic nitrogens is 4. The van der Waals surface area contributed by atoms with Crippen molar-refractivity contribution in [3.63, 3.8) is 0 Å². The van der Waals surface area contributed by atoms with E-state index in [1.54, 1.807) is 12.4 Å². The molecule has 0 aliphatic carbocycles. The van der Waals surface area contributed by atoms with Crippen molar-refractivity contribution < 1.29 is 4.74 Å². The van der Waals surface area contributed by atoms with Gasteiger partial charge in [0.1, 0.15) is 6.33 Å². The van der Waals surface area contributed by atoms with Gasteiger partial charge in [0.25, 0.3) is 0 Å². The minimum absolute atomic E-state index is 0.351. The van der Waals surface area contributed by atoms with Crippen LogP contribution in [0.3, 0.4) is 0 Å². The van der Waals surface area contributed by atoms with Gasteiger partial charge in [0.2, 0.25) is 0 Å². The van der Waals surface area contributed by atoms with Gasteiger partial charge in [-0.1, -0.05) is 0 Å². The molecule has 0 unspecified atom stereocenters. The van der Waals surface area contributed by atoms with Crippen LogP contribution in [0.2, 0.25) is 0 Å². The maximum atomic E-state index is 4.87. The molecule has 0 fully saturated rings. The summed E-state index contributed by atoms with van der Waals surface area (Å²) >= 11 is 0. The Kier molecular flexibility index (Phi) is 2.53. The second kappa shape index (κ2) is 4.00. The average Bonchev–Trinajstić information content (AvgIpc) is 2.29. The van der Waals surface area contributed by atoms with Crippen LogP contribution in [0.1, 0.15) is 5.69 Å². The fourth-order valence-corrected chi connectivity index (χ4v) is 1.17. The van der Waals surface area contributed by atoms with E-state index in [9.17, 15) is 0 Å². The maximum Gasteiger partial charge on any atom is 0.316 e. The molecule has 0 N–H and O–H groups in total. The molecule has 76 valence electrons. The summed E-state index contributed by atoms with van der Waals surface area (Å²) in [5.74, 6) is 0. The zero-order chi connectivity index (χ0) is 10.7. The highest BCUT2D eigenvalue weighted by molar-refractivity contribution is 5.56. The number of hydrogen-bond donors (Lipinski definition) is 0. The Morgan fingerprint density at radius 2 is 1.80 bits per heavy atom. The minimum Gasteiger partial charge on any atom is -0.467 e. The van der Waals surface area contributed by atoms with Crippen LogP contribution in [-0.2, 0) is 0 Å². The molecule has 0 saturated heterocycles. The Morgan fingerprint density at radius 1 is 1.07 bits per heavy atom. The van der Waals surface area contributed by atoms with Crippen LogP contribution >= 0.6 is 0 Å². The second-order valence-corrected chi connectivity index (χ2v) is 3.00. The lowest BCUT2D eigenvalue weighted by molar-refractivity contribution is 0.380. The number of rotatable bonds is 2. The molecule has 0 amide bonds. The second-order valence-electron chi connectivity index (χ2n) is 3.00. The van der Waals surface area contributed by atoms with Crippen LogP contribution in [0.15, 0.2) is 24.8 Å². The summed E-state index contributed by atoms with van der Waals surface area (Å²) in [4.78, 5) is 16.2. The van der Waals surface area contributed by atoms with E-state index in [0.717, 1.165) is 17.0 Å². The predicted octanol–water partition coefficient (Wildman–Crippen LogP) is 1.25. The lowest BCUT2D eigenvalue weighted by Gasteiger charge is -2.01. The summed E-state index contributed by atoms with van der Waals surface area (Å²) in [6, 6.07) is 2.23. The first kappa shape index (κ1) is 9.51. The van der Waals surface area contributed by atoms with Gasteiger partial charge in [0, 0.05) is 23.7 Å². The van der Waals surface area contributed by atoms with Gasteiger partial charge in [-0.05, 0) is 13.0 Å². The summed E-state index contributed by atoms with van der Waals surface area (Å²) in [5.41, 5.74) is 2.57. The third-order valence-electron chi connectivity index (χ3n) is 1.91. The summed E-state index contributed by atoms with van der Waals surface area (Å²) in [6.45, 7) is 1.91. The van der Waals surface area contributed by atoms with E-state index in [-0.39, 0.29) is 0 Å². The molecule has 5 nitrogen and oxygen atoms in total. The molecule has 0 atom stereocenters. The largest absolute Gasteiger partial charge is 0.467 e. The van der Waals surface area contributed by atoms with Crippen LogP contribution in [-0.4, -0.2) is 27.0 Å². The van der Waals surface area contributed by atoms with Crippen molar-refractivity contribution in [3.05, 3.63) is 30.5 Å². The van der Waals surface area contributed by atoms with Gasteiger partial charge in [0.05, 0.1) is 12.8 Å². The Balaban J connectivity index is 2.37. The Labute approximate surface area is 87.2 Å². The highest BCUT2D eigenvalue weighted by Gasteiger charge is 2.01. The van der Waals surface area contributed by atoms with Gasteiger partial charge >= 0.3 is 6.01 Å². The lowest BCUT2D eigenvalue weighted by atomic mass is 10.2. The third kappa shape index (κ3) is 2.07. The van der Waals surface area contributed by atoms with Crippen molar-refractivity contribution in [1.29, 1.82) is 0 Å². The van der Waals surface area contributed by atoms with Gasteiger partial charge in [-0.15, -0.1) is 0 Å². The fraction of sp³-hybridized carbons (Fsp3) is 0.200. The van der Waals surface area contributed by atoms with Crippen molar-refractivity contribution in [2.24, 2.45) is 0 Å². The lowest BCUT2D eigenvalue weighted by Crippen LogP contribution is -1.93. The standard InChI is InChI=1S/C10H10N4O/c1-7-3-9(14-6-13-7)8-4-11-10(15-2)12-5-8/h3-6H,1-2H3. The van der Waals surface area contributed by atoms with Crippen LogP contribution in [0.5, 0.6) is 6.01 Å². The SMILES string of the molecule is COc1ncc(-c2cc(C)ncn2)cn1. The molecule has 2 rings (SSSR count). The normalized spacial score (nSPS) is 10.0. The van der Waals surface area contributed by atoms with Crippen LogP contribution in [0.25, 0.3) is 11.3 Å². The van der Waals surface area contributed by atoms with Crippen LogP contribution in [0.4, 0.5) is 0 Å². The molecule has 0 saturated carbocycles. The zero-order valence-electron chi connectivity index (χ0n) is 8.51. The number of aryl methyl sites for hydroxylation is 1. The van der Waals surface area contributed by atoms with E-state index in [2.05, 4.69) is 19.9 Å². The average molecular weight is 202 g/mol. The van der Waals surface area contributed by atoms with Gasteiger partial charge in [-0.25, -0.2) is 19.9 Å². The summed E-state index contributed by atoms with van der Waals surface area (Å²) in [7, 11) is 1.53. The van der Waals surface area contributed by atoms with Gasteiger partial charge < -0.3 is 4.74 Å². The van der Waals surface area contributed by atoms with E-state index < -0.39 is 0 Å². The smallest absolute Gasteiger partial charge is 0.316 e. The van der Waals surface area contributed by atoms with Crippen molar-refractivity contribution in [2.75, 3.05) is 7.11 Å². The molecular weight excluding hydrogens is 192 g/mol. The molecule has 15 heavy (non-hydrogen) atoms. The number of hydrogen-bond acceptors (Lipinski definition) is 5. The molecular formula is C10H10N4O. The first-order valence-electron chi connectivity index (χ1n) is 4.44. The summed E-state index contributed by atoms with van der Waals surface area (Å²) in [6.07, 6.45) is 4.87. The molecule has 0 bridgehead atoms. The maximum absolute atomic E-state index is 4.87. The summed E-state index contributed by atoms with van der Waals surface area (Å²) < 4.78 is 4.87. The fourth-order valence-electron chi connectivity index (χ4n) is 1.17. The quantitative estimate of drug-likeness (QED) is 0.733. The third-order valence-corrected chi connectivity index (χ3v) is 1.91. The molecule has 0 spiro atoms. The summed E-state index contributed by atoms with van der Waals surface area (Å²) in [5, 5.41) is 0.